The fourth-order valence-corrected chi connectivity index (χ4v) is 1.73. The summed E-state index contributed by atoms with van der Waals surface area (Å²) in [6.45, 7) is 3.96. The van der Waals surface area contributed by atoms with E-state index >= 15 is 0 Å². The van der Waals surface area contributed by atoms with Crippen molar-refractivity contribution in [3.8, 4) is 11.5 Å². The molecule has 0 fully saturated rings. The molecule has 3 N–H and O–H groups in total. The molecule has 0 bridgehead atoms. The predicted octanol–water partition coefficient (Wildman–Crippen LogP) is 1.66. The molecule has 2 amide bonds. The molecule has 0 aliphatic rings. The lowest BCUT2D eigenvalue weighted by molar-refractivity contribution is 0.167. The number of hydrogen-bond donors (Lipinski definition) is 3. The van der Waals surface area contributed by atoms with Crippen molar-refractivity contribution in [1.29, 1.82) is 0 Å². The number of aliphatic hydroxyl groups is 1. The van der Waals surface area contributed by atoms with Gasteiger partial charge in [-0.2, -0.15) is 0 Å². The van der Waals surface area contributed by atoms with E-state index in [2.05, 4.69) is 10.6 Å². The van der Waals surface area contributed by atoms with Gasteiger partial charge in [0, 0.05) is 6.54 Å². The lowest BCUT2D eigenvalue weighted by atomic mass is 10.0. The zero-order valence-electron chi connectivity index (χ0n) is 13.0. The van der Waals surface area contributed by atoms with Crippen LogP contribution in [-0.4, -0.2) is 37.5 Å². The average molecular weight is 296 g/mol. The molecule has 1 aromatic carbocycles. The van der Waals surface area contributed by atoms with Crippen LogP contribution in [0, 0.1) is 0 Å². The standard InChI is InChI=1S/C15H24N2O4/c1-5-15(2,10-18)17-14(19)16-9-11-6-7-12(20-3)13(8-11)21-4/h6-8,18H,5,9-10H2,1-4H3,(H2,16,17,19)/t15-/m1/s1. The van der Waals surface area contributed by atoms with Crippen LogP contribution >= 0.6 is 0 Å². The first-order chi connectivity index (χ1) is 9.97. The van der Waals surface area contributed by atoms with Crippen LogP contribution in [0.5, 0.6) is 11.5 Å². The number of rotatable bonds is 7. The topological polar surface area (TPSA) is 79.8 Å². The Hall–Kier alpha value is -1.95. The average Bonchev–Trinajstić information content (AvgIpc) is 2.52. The summed E-state index contributed by atoms with van der Waals surface area (Å²) in [6.07, 6.45) is 0.646. The van der Waals surface area contributed by atoms with E-state index in [9.17, 15) is 9.90 Å². The highest BCUT2D eigenvalue weighted by molar-refractivity contribution is 5.74. The van der Waals surface area contributed by atoms with Crippen molar-refractivity contribution in [1.82, 2.24) is 10.6 Å². The highest BCUT2D eigenvalue weighted by atomic mass is 16.5. The van der Waals surface area contributed by atoms with Gasteiger partial charge in [-0.25, -0.2) is 4.79 Å². The molecule has 1 aromatic rings. The van der Waals surface area contributed by atoms with Gasteiger partial charge in [-0.1, -0.05) is 13.0 Å². The Morgan fingerprint density at radius 2 is 1.95 bits per heavy atom. The van der Waals surface area contributed by atoms with E-state index in [4.69, 9.17) is 9.47 Å². The predicted molar refractivity (Wildman–Crippen MR) is 80.7 cm³/mol. The number of ether oxygens (including phenoxy) is 2. The number of carbonyl (C=O) groups excluding carboxylic acids is 1. The molecule has 118 valence electrons. The first-order valence-corrected chi connectivity index (χ1v) is 6.85. The summed E-state index contributed by atoms with van der Waals surface area (Å²) in [5.41, 5.74) is 0.284. The number of nitrogens with one attached hydrogen (secondary N) is 2. The summed E-state index contributed by atoms with van der Waals surface area (Å²) in [6, 6.07) is 5.14. The van der Waals surface area contributed by atoms with Gasteiger partial charge in [-0.05, 0) is 31.0 Å². The SMILES string of the molecule is CC[C@](C)(CO)NC(=O)NCc1ccc(OC)c(OC)c1. The van der Waals surface area contributed by atoms with E-state index in [1.807, 2.05) is 19.1 Å². The van der Waals surface area contributed by atoms with Gasteiger partial charge in [0.25, 0.3) is 0 Å². The first kappa shape index (κ1) is 17.1. The maximum atomic E-state index is 11.8. The smallest absolute Gasteiger partial charge is 0.315 e. The monoisotopic (exact) mass is 296 g/mol. The summed E-state index contributed by atoms with van der Waals surface area (Å²) >= 11 is 0. The lowest BCUT2D eigenvalue weighted by Crippen LogP contribution is -2.52. The van der Waals surface area contributed by atoms with Gasteiger partial charge >= 0.3 is 6.03 Å². The molecule has 21 heavy (non-hydrogen) atoms. The van der Waals surface area contributed by atoms with Crippen LogP contribution in [0.1, 0.15) is 25.8 Å². The molecular weight excluding hydrogens is 272 g/mol. The van der Waals surface area contributed by atoms with E-state index in [1.165, 1.54) is 0 Å². The second-order valence-electron chi connectivity index (χ2n) is 5.07. The Bertz CT molecular complexity index is 473. The molecule has 0 unspecified atom stereocenters. The summed E-state index contributed by atoms with van der Waals surface area (Å²) < 4.78 is 10.4. The molecule has 1 rings (SSSR count). The first-order valence-electron chi connectivity index (χ1n) is 6.85. The summed E-state index contributed by atoms with van der Waals surface area (Å²) in [5.74, 6) is 1.26. The minimum absolute atomic E-state index is 0.104. The minimum atomic E-state index is -0.609. The van der Waals surface area contributed by atoms with Gasteiger partial charge in [-0.15, -0.1) is 0 Å². The third-order valence-corrected chi connectivity index (χ3v) is 3.45. The molecule has 0 heterocycles. The summed E-state index contributed by atoms with van der Waals surface area (Å²) in [5, 5.41) is 14.8. The summed E-state index contributed by atoms with van der Waals surface area (Å²) in [4.78, 5) is 11.8. The highest BCUT2D eigenvalue weighted by Gasteiger charge is 2.22. The van der Waals surface area contributed by atoms with Crippen LogP contribution in [-0.2, 0) is 6.54 Å². The molecule has 0 saturated heterocycles. The second kappa shape index (κ2) is 7.73. The van der Waals surface area contributed by atoms with Crippen LogP contribution < -0.4 is 20.1 Å². The quantitative estimate of drug-likeness (QED) is 0.715. The lowest BCUT2D eigenvalue weighted by Gasteiger charge is -2.27. The van der Waals surface area contributed by atoms with E-state index in [1.54, 1.807) is 27.2 Å². The highest BCUT2D eigenvalue weighted by Crippen LogP contribution is 2.27. The Kier molecular flexibility index (Phi) is 6.30. The number of carbonyl (C=O) groups is 1. The maximum Gasteiger partial charge on any atom is 0.315 e. The molecule has 6 nitrogen and oxygen atoms in total. The number of urea groups is 1. The van der Waals surface area contributed by atoms with Gasteiger partial charge in [0.15, 0.2) is 11.5 Å². The Morgan fingerprint density at radius 1 is 1.29 bits per heavy atom. The van der Waals surface area contributed by atoms with E-state index in [0.717, 1.165) is 5.56 Å². The third-order valence-electron chi connectivity index (χ3n) is 3.45. The van der Waals surface area contributed by atoms with E-state index in [0.29, 0.717) is 24.5 Å². The minimum Gasteiger partial charge on any atom is -0.493 e. The zero-order chi connectivity index (χ0) is 15.9. The normalized spacial score (nSPS) is 13.2. The molecule has 0 saturated carbocycles. The van der Waals surface area contributed by atoms with Crippen LogP contribution in [0.25, 0.3) is 0 Å². The van der Waals surface area contributed by atoms with Gasteiger partial charge in [0.1, 0.15) is 0 Å². The fraction of sp³-hybridized carbons (Fsp3) is 0.533. The Balaban J connectivity index is 2.61. The Morgan fingerprint density at radius 3 is 2.48 bits per heavy atom. The number of aliphatic hydroxyl groups excluding tert-OH is 1. The van der Waals surface area contributed by atoms with Gasteiger partial charge in [0.2, 0.25) is 0 Å². The molecule has 0 aliphatic carbocycles. The van der Waals surface area contributed by atoms with Crippen LogP contribution in [0.3, 0.4) is 0 Å². The maximum absolute atomic E-state index is 11.8. The van der Waals surface area contributed by atoms with E-state index < -0.39 is 5.54 Å². The second-order valence-corrected chi connectivity index (χ2v) is 5.07. The number of hydrogen-bond acceptors (Lipinski definition) is 4. The van der Waals surface area contributed by atoms with Crippen molar-refractivity contribution in [2.45, 2.75) is 32.4 Å². The van der Waals surface area contributed by atoms with Gasteiger partial charge in [0.05, 0.1) is 26.4 Å². The van der Waals surface area contributed by atoms with Crippen molar-refractivity contribution < 1.29 is 19.4 Å². The number of benzene rings is 1. The van der Waals surface area contributed by atoms with Gasteiger partial charge < -0.3 is 25.2 Å². The third kappa shape index (κ3) is 4.82. The van der Waals surface area contributed by atoms with Crippen molar-refractivity contribution in [3.63, 3.8) is 0 Å². The molecule has 6 heteroatoms. The van der Waals surface area contributed by atoms with Crippen LogP contribution in [0.2, 0.25) is 0 Å². The van der Waals surface area contributed by atoms with Crippen molar-refractivity contribution in [3.05, 3.63) is 23.8 Å². The molecule has 0 aromatic heterocycles. The molecule has 0 spiro atoms. The number of amides is 2. The van der Waals surface area contributed by atoms with Crippen LogP contribution in [0.15, 0.2) is 18.2 Å². The van der Waals surface area contributed by atoms with Crippen molar-refractivity contribution >= 4 is 6.03 Å². The van der Waals surface area contributed by atoms with Crippen molar-refractivity contribution in [2.75, 3.05) is 20.8 Å². The molecule has 1 atom stereocenters. The summed E-state index contributed by atoms with van der Waals surface area (Å²) in [7, 11) is 3.14. The fourth-order valence-electron chi connectivity index (χ4n) is 1.73. The number of methoxy groups -OCH3 is 2. The van der Waals surface area contributed by atoms with E-state index in [-0.39, 0.29) is 12.6 Å². The Labute approximate surface area is 125 Å². The molecule has 0 radical (unpaired) electrons. The molecular formula is C15H24N2O4. The van der Waals surface area contributed by atoms with Crippen molar-refractivity contribution in [2.24, 2.45) is 0 Å². The molecule has 0 aliphatic heterocycles. The largest absolute Gasteiger partial charge is 0.493 e. The van der Waals surface area contributed by atoms with Crippen LogP contribution in [0.4, 0.5) is 4.79 Å². The zero-order valence-corrected chi connectivity index (χ0v) is 13.0. The van der Waals surface area contributed by atoms with Gasteiger partial charge in [-0.3, -0.25) is 0 Å².